The number of rotatable bonds is 6. The number of furan rings is 1. The van der Waals surface area contributed by atoms with E-state index >= 15 is 0 Å². The molecule has 1 atom stereocenters. The number of nitrogens with one attached hydrogen (secondary N) is 1. The molecule has 0 aliphatic rings. The van der Waals surface area contributed by atoms with Gasteiger partial charge in [-0.05, 0) is 36.8 Å². The molecule has 1 heterocycles. The second-order valence-electron chi connectivity index (χ2n) is 6.07. The molecule has 0 saturated carbocycles. The molecule has 0 aliphatic carbocycles. The summed E-state index contributed by atoms with van der Waals surface area (Å²) in [6.45, 7) is 7.58. The summed E-state index contributed by atoms with van der Waals surface area (Å²) >= 11 is 0. The van der Waals surface area contributed by atoms with Crippen LogP contribution in [0.5, 0.6) is 0 Å². The van der Waals surface area contributed by atoms with Gasteiger partial charge in [0.2, 0.25) is 0 Å². The van der Waals surface area contributed by atoms with Crippen LogP contribution in [0.1, 0.15) is 32.1 Å². The second-order valence-corrected chi connectivity index (χ2v) is 6.07. The van der Waals surface area contributed by atoms with Gasteiger partial charge in [-0.1, -0.05) is 26.0 Å². The van der Waals surface area contributed by atoms with E-state index in [1.807, 2.05) is 24.3 Å². The molecule has 0 aliphatic heterocycles. The van der Waals surface area contributed by atoms with Gasteiger partial charge in [0.05, 0.1) is 6.26 Å². The summed E-state index contributed by atoms with van der Waals surface area (Å²) < 4.78 is 5.38. The van der Waals surface area contributed by atoms with E-state index < -0.39 is 0 Å². The molecule has 0 amide bonds. The van der Waals surface area contributed by atoms with E-state index in [0.717, 1.165) is 24.4 Å². The first-order chi connectivity index (χ1) is 9.47. The van der Waals surface area contributed by atoms with Crippen molar-refractivity contribution in [2.75, 3.05) is 12.3 Å². The number of hydrogen-bond donors (Lipinski definition) is 2. The predicted molar refractivity (Wildman–Crippen MR) is 83.8 cm³/mol. The fourth-order valence-corrected chi connectivity index (χ4v) is 2.27. The van der Waals surface area contributed by atoms with Crippen molar-refractivity contribution < 1.29 is 4.42 Å². The fraction of sp³-hybridized carbons (Fsp3) is 0.412. The molecule has 108 valence electrons. The molecule has 20 heavy (non-hydrogen) atoms. The summed E-state index contributed by atoms with van der Waals surface area (Å²) in [5.41, 5.74) is 7.92. The minimum atomic E-state index is 0.0745. The van der Waals surface area contributed by atoms with E-state index in [4.69, 9.17) is 10.2 Å². The van der Waals surface area contributed by atoms with Crippen LogP contribution in [0.3, 0.4) is 0 Å². The number of anilines is 1. The highest BCUT2D eigenvalue weighted by molar-refractivity contribution is 5.41. The Morgan fingerprint density at radius 1 is 1.20 bits per heavy atom. The van der Waals surface area contributed by atoms with Gasteiger partial charge in [-0.2, -0.15) is 0 Å². The van der Waals surface area contributed by atoms with Crippen LogP contribution in [0.2, 0.25) is 0 Å². The highest BCUT2D eigenvalue weighted by Crippen LogP contribution is 2.23. The molecule has 1 aromatic heterocycles. The Hall–Kier alpha value is -1.74. The second kappa shape index (κ2) is 6.14. The normalized spacial score (nSPS) is 13.3. The van der Waals surface area contributed by atoms with Gasteiger partial charge in [0.25, 0.3) is 0 Å². The van der Waals surface area contributed by atoms with Crippen LogP contribution < -0.4 is 11.1 Å². The standard InChI is InChI=1S/C17H24N2O/c1-13(11-16-5-4-10-20-16)19-12-17(2,3)14-6-8-15(18)9-7-14/h4-10,13,19H,11-12,18H2,1-3H3. The molecule has 3 nitrogen and oxygen atoms in total. The Kier molecular flexibility index (Phi) is 4.50. The highest BCUT2D eigenvalue weighted by Gasteiger charge is 2.21. The van der Waals surface area contributed by atoms with Crippen molar-refractivity contribution in [3.05, 3.63) is 54.0 Å². The zero-order chi connectivity index (χ0) is 14.6. The van der Waals surface area contributed by atoms with Crippen LogP contribution in [-0.2, 0) is 11.8 Å². The third-order valence-electron chi connectivity index (χ3n) is 3.67. The van der Waals surface area contributed by atoms with Gasteiger partial charge in [0.1, 0.15) is 5.76 Å². The summed E-state index contributed by atoms with van der Waals surface area (Å²) in [5.74, 6) is 1.02. The molecule has 2 aromatic rings. The van der Waals surface area contributed by atoms with Gasteiger partial charge < -0.3 is 15.5 Å². The summed E-state index contributed by atoms with van der Waals surface area (Å²) in [5, 5.41) is 3.58. The lowest BCUT2D eigenvalue weighted by atomic mass is 9.84. The first-order valence-electron chi connectivity index (χ1n) is 7.09. The topological polar surface area (TPSA) is 51.2 Å². The van der Waals surface area contributed by atoms with Gasteiger partial charge in [-0.3, -0.25) is 0 Å². The average Bonchev–Trinajstić information content (AvgIpc) is 2.90. The number of hydrogen-bond acceptors (Lipinski definition) is 3. The fourth-order valence-electron chi connectivity index (χ4n) is 2.27. The molecular formula is C17H24N2O. The van der Waals surface area contributed by atoms with Crippen LogP contribution >= 0.6 is 0 Å². The molecule has 0 radical (unpaired) electrons. The number of nitrogens with two attached hydrogens (primary N) is 1. The van der Waals surface area contributed by atoms with E-state index in [-0.39, 0.29) is 5.41 Å². The molecule has 0 spiro atoms. The largest absolute Gasteiger partial charge is 0.469 e. The average molecular weight is 272 g/mol. The Morgan fingerprint density at radius 2 is 1.90 bits per heavy atom. The Balaban J connectivity index is 1.89. The summed E-state index contributed by atoms with van der Waals surface area (Å²) in [6.07, 6.45) is 2.63. The first-order valence-corrected chi connectivity index (χ1v) is 7.09. The van der Waals surface area contributed by atoms with Gasteiger partial charge in [0.15, 0.2) is 0 Å². The molecular weight excluding hydrogens is 248 g/mol. The van der Waals surface area contributed by atoms with Crippen molar-refractivity contribution in [2.24, 2.45) is 0 Å². The number of nitrogen functional groups attached to an aromatic ring is 1. The lowest BCUT2D eigenvalue weighted by molar-refractivity contribution is 0.406. The zero-order valence-electron chi connectivity index (χ0n) is 12.5. The molecule has 0 bridgehead atoms. The van der Waals surface area contributed by atoms with Crippen molar-refractivity contribution in [3.8, 4) is 0 Å². The van der Waals surface area contributed by atoms with Gasteiger partial charge in [-0.15, -0.1) is 0 Å². The third-order valence-corrected chi connectivity index (χ3v) is 3.67. The predicted octanol–water partition coefficient (Wildman–Crippen LogP) is 3.36. The van der Waals surface area contributed by atoms with E-state index in [1.165, 1.54) is 5.56 Å². The maximum atomic E-state index is 5.74. The maximum Gasteiger partial charge on any atom is 0.105 e. The molecule has 3 heteroatoms. The van der Waals surface area contributed by atoms with Crippen molar-refractivity contribution in [1.82, 2.24) is 5.32 Å². The van der Waals surface area contributed by atoms with Crippen molar-refractivity contribution >= 4 is 5.69 Å². The van der Waals surface area contributed by atoms with E-state index in [2.05, 4.69) is 38.2 Å². The van der Waals surface area contributed by atoms with Crippen molar-refractivity contribution in [1.29, 1.82) is 0 Å². The SMILES string of the molecule is CC(Cc1ccco1)NCC(C)(C)c1ccc(N)cc1. The number of benzene rings is 1. The van der Waals surface area contributed by atoms with Crippen LogP contribution in [0.4, 0.5) is 5.69 Å². The first kappa shape index (κ1) is 14.7. The Bertz CT molecular complexity index is 514. The van der Waals surface area contributed by atoms with Crippen LogP contribution in [0, 0.1) is 0 Å². The van der Waals surface area contributed by atoms with Gasteiger partial charge >= 0.3 is 0 Å². The van der Waals surface area contributed by atoms with E-state index in [1.54, 1.807) is 6.26 Å². The summed E-state index contributed by atoms with van der Waals surface area (Å²) in [6, 6.07) is 12.5. The van der Waals surface area contributed by atoms with Crippen LogP contribution in [0.25, 0.3) is 0 Å². The lowest BCUT2D eigenvalue weighted by Gasteiger charge is -2.28. The molecule has 2 rings (SSSR count). The molecule has 3 N–H and O–H groups in total. The third kappa shape index (κ3) is 3.87. The minimum Gasteiger partial charge on any atom is -0.469 e. The quantitative estimate of drug-likeness (QED) is 0.793. The maximum absolute atomic E-state index is 5.74. The summed E-state index contributed by atoms with van der Waals surface area (Å²) in [7, 11) is 0. The lowest BCUT2D eigenvalue weighted by Crippen LogP contribution is -2.38. The highest BCUT2D eigenvalue weighted by atomic mass is 16.3. The molecule has 0 saturated heterocycles. The van der Waals surface area contributed by atoms with Crippen LogP contribution in [0.15, 0.2) is 47.1 Å². The van der Waals surface area contributed by atoms with Crippen molar-refractivity contribution in [2.45, 2.75) is 38.6 Å². The zero-order valence-corrected chi connectivity index (χ0v) is 12.5. The van der Waals surface area contributed by atoms with E-state index in [0.29, 0.717) is 6.04 Å². The Morgan fingerprint density at radius 3 is 2.50 bits per heavy atom. The van der Waals surface area contributed by atoms with Crippen LogP contribution in [-0.4, -0.2) is 12.6 Å². The molecule has 1 unspecified atom stereocenters. The molecule has 0 fully saturated rings. The minimum absolute atomic E-state index is 0.0745. The monoisotopic (exact) mass is 272 g/mol. The summed E-state index contributed by atoms with van der Waals surface area (Å²) in [4.78, 5) is 0. The van der Waals surface area contributed by atoms with E-state index in [9.17, 15) is 0 Å². The Labute approximate surface area is 121 Å². The van der Waals surface area contributed by atoms with Crippen molar-refractivity contribution in [3.63, 3.8) is 0 Å². The smallest absolute Gasteiger partial charge is 0.105 e. The van der Waals surface area contributed by atoms with Gasteiger partial charge in [-0.25, -0.2) is 0 Å². The van der Waals surface area contributed by atoms with Gasteiger partial charge in [0, 0.05) is 30.1 Å². The molecule has 1 aromatic carbocycles.